The summed E-state index contributed by atoms with van der Waals surface area (Å²) in [6.45, 7) is 0. The second-order valence-corrected chi connectivity index (χ2v) is 3.19. The second-order valence-electron chi connectivity index (χ2n) is 2.83. The molecule has 0 aliphatic heterocycles. The van der Waals surface area contributed by atoms with Crippen LogP contribution in [0.15, 0.2) is 34.1 Å². The van der Waals surface area contributed by atoms with E-state index in [-0.39, 0.29) is 10.7 Å². The van der Waals surface area contributed by atoms with Gasteiger partial charge in [0, 0.05) is 18.0 Å². The van der Waals surface area contributed by atoms with Crippen LogP contribution < -0.4 is 11.2 Å². The highest BCUT2D eigenvalue weighted by molar-refractivity contribution is 6.32. The van der Waals surface area contributed by atoms with Crippen molar-refractivity contribution in [3.63, 3.8) is 0 Å². The van der Waals surface area contributed by atoms with Gasteiger partial charge in [0.25, 0.3) is 5.56 Å². The van der Waals surface area contributed by atoms with E-state index in [1.807, 2.05) is 0 Å². The van der Waals surface area contributed by atoms with Crippen molar-refractivity contribution in [3.05, 3.63) is 50.5 Å². The molecule has 6 heteroatoms. The monoisotopic (exact) mass is 223 g/mol. The van der Waals surface area contributed by atoms with E-state index in [1.165, 1.54) is 12.4 Å². The average Bonchev–Trinajstić information content (AvgIpc) is 2.20. The Bertz CT molecular complexity index is 603. The molecule has 0 fully saturated rings. The number of hydrogen-bond donors (Lipinski definition) is 2. The number of aromatic nitrogens is 3. The zero-order chi connectivity index (χ0) is 10.8. The number of pyridine rings is 1. The van der Waals surface area contributed by atoms with E-state index in [1.54, 1.807) is 12.1 Å². The van der Waals surface area contributed by atoms with Crippen molar-refractivity contribution in [1.29, 1.82) is 0 Å². The van der Waals surface area contributed by atoms with Gasteiger partial charge in [0.1, 0.15) is 5.15 Å². The molecular weight excluding hydrogens is 218 g/mol. The van der Waals surface area contributed by atoms with Crippen LogP contribution in [-0.4, -0.2) is 15.0 Å². The lowest BCUT2D eigenvalue weighted by Crippen LogP contribution is -2.22. The lowest BCUT2D eigenvalue weighted by atomic mass is 10.1. The summed E-state index contributed by atoms with van der Waals surface area (Å²) in [7, 11) is 0. The van der Waals surface area contributed by atoms with Gasteiger partial charge in [-0.25, -0.2) is 9.78 Å². The van der Waals surface area contributed by atoms with E-state index in [0.717, 1.165) is 0 Å². The molecule has 0 saturated heterocycles. The number of halogens is 1. The molecule has 0 aromatic carbocycles. The van der Waals surface area contributed by atoms with E-state index in [4.69, 9.17) is 11.6 Å². The number of rotatable bonds is 1. The fourth-order valence-corrected chi connectivity index (χ4v) is 1.42. The number of aromatic amines is 2. The maximum absolute atomic E-state index is 11.4. The van der Waals surface area contributed by atoms with Gasteiger partial charge >= 0.3 is 5.69 Å². The highest BCUT2D eigenvalue weighted by Crippen LogP contribution is 2.21. The van der Waals surface area contributed by atoms with E-state index in [0.29, 0.717) is 5.56 Å². The number of nitrogens with zero attached hydrogens (tertiary/aromatic N) is 1. The fourth-order valence-electron chi connectivity index (χ4n) is 1.20. The van der Waals surface area contributed by atoms with Crippen LogP contribution in [0.1, 0.15) is 0 Å². The maximum atomic E-state index is 11.4. The summed E-state index contributed by atoms with van der Waals surface area (Å²) in [5, 5.41) is 0.218. The third-order valence-electron chi connectivity index (χ3n) is 1.87. The SMILES string of the molecule is O=c1[nH]cc(-c2cccnc2Cl)c(=O)[nH]1. The third-order valence-corrected chi connectivity index (χ3v) is 2.17. The zero-order valence-corrected chi connectivity index (χ0v) is 8.21. The predicted molar refractivity (Wildman–Crippen MR) is 55.9 cm³/mol. The van der Waals surface area contributed by atoms with Crippen molar-refractivity contribution in [2.75, 3.05) is 0 Å². The molecule has 2 aromatic heterocycles. The molecule has 0 aliphatic rings. The van der Waals surface area contributed by atoms with Crippen LogP contribution in [0.5, 0.6) is 0 Å². The Kier molecular flexibility index (Phi) is 2.39. The highest BCUT2D eigenvalue weighted by Gasteiger charge is 2.07. The first-order valence-electron chi connectivity index (χ1n) is 4.11. The van der Waals surface area contributed by atoms with E-state index in [2.05, 4.69) is 15.0 Å². The first-order valence-corrected chi connectivity index (χ1v) is 4.49. The summed E-state index contributed by atoms with van der Waals surface area (Å²) in [6, 6.07) is 3.31. The quantitative estimate of drug-likeness (QED) is 0.702. The lowest BCUT2D eigenvalue weighted by molar-refractivity contribution is 1.04. The summed E-state index contributed by atoms with van der Waals surface area (Å²) in [4.78, 5) is 30.5. The van der Waals surface area contributed by atoms with Crippen LogP contribution in [0.3, 0.4) is 0 Å². The topological polar surface area (TPSA) is 78.6 Å². The molecule has 0 saturated carbocycles. The Balaban J connectivity index is 2.70. The molecule has 15 heavy (non-hydrogen) atoms. The molecule has 0 atom stereocenters. The van der Waals surface area contributed by atoms with Crippen molar-refractivity contribution in [2.45, 2.75) is 0 Å². The van der Waals surface area contributed by atoms with Crippen LogP contribution in [0.2, 0.25) is 5.15 Å². The standard InChI is InChI=1S/C9H6ClN3O2/c10-7-5(2-1-3-11-7)6-4-12-9(15)13-8(6)14/h1-4H,(H2,12,13,14,15). The molecule has 0 bridgehead atoms. The summed E-state index contributed by atoms with van der Waals surface area (Å²) < 4.78 is 0. The molecule has 0 spiro atoms. The van der Waals surface area contributed by atoms with Crippen LogP contribution in [0.25, 0.3) is 11.1 Å². The molecule has 2 rings (SSSR count). The van der Waals surface area contributed by atoms with Gasteiger partial charge in [-0.3, -0.25) is 9.78 Å². The first kappa shape index (κ1) is 9.67. The van der Waals surface area contributed by atoms with Crippen LogP contribution >= 0.6 is 11.6 Å². The van der Waals surface area contributed by atoms with Crippen molar-refractivity contribution in [3.8, 4) is 11.1 Å². The van der Waals surface area contributed by atoms with Gasteiger partial charge in [-0.05, 0) is 12.1 Å². The predicted octanol–water partition coefficient (Wildman–Crippen LogP) is 0.779. The van der Waals surface area contributed by atoms with Gasteiger partial charge in [-0.2, -0.15) is 0 Å². The maximum Gasteiger partial charge on any atom is 0.325 e. The number of hydrogen-bond acceptors (Lipinski definition) is 3. The van der Waals surface area contributed by atoms with Crippen molar-refractivity contribution < 1.29 is 0 Å². The van der Waals surface area contributed by atoms with E-state index >= 15 is 0 Å². The zero-order valence-electron chi connectivity index (χ0n) is 7.45. The van der Waals surface area contributed by atoms with Crippen LogP contribution in [0, 0.1) is 0 Å². The molecular formula is C9H6ClN3O2. The van der Waals surface area contributed by atoms with Gasteiger partial charge in [-0.15, -0.1) is 0 Å². The van der Waals surface area contributed by atoms with Crippen molar-refractivity contribution in [1.82, 2.24) is 15.0 Å². The molecule has 0 unspecified atom stereocenters. The Morgan fingerprint density at radius 2 is 2.07 bits per heavy atom. The second kappa shape index (κ2) is 3.70. The van der Waals surface area contributed by atoms with Crippen LogP contribution in [-0.2, 0) is 0 Å². The van der Waals surface area contributed by atoms with Gasteiger partial charge in [0.2, 0.25) is 0 Å². The molecule has 2 heterocycles. The molecule has 76 valence electrons. The minimum Gasteiger partial charge on any atom is -0.313 e. The molecule has 0 amide bonds. The lowest BCUT2D eigenvalue weighted by Gasteiger charge is -2.00. The first-order chi connectivity index (χ1) is 7.18. The fraction of sp³-hybridized carbons (Fsp3) is 0. The molecule has 2 N–H and O–H groups in total. The van der Waals surface area contributed by atoms with Crippen LogP contribution in [0.4, 0.5) is 0 Å². The van der Waals surface area contributed by atoms with Crippen molar-refractivity contribution in [2.24, 2.45) is 0 Å². The van der Waals surface area contributed by atoms with E-state index < -0.39 is 11.2 Å². The normalized spacial score (nSPS) is 10.2. The minimum atomic E-state index is -0.552. The summed E-state index contributed by atoms with van der Waals surface area (Å²) >= 11 is 5.81. The smallest absolute Gasteiger partial charge is 0.313 e. The summed E-state index contributed by atoms with van der Waals surface area (Å²) in [5.41, 5.74) is -0.276. The Morgan fingerprint density at radius 1 is 1.27 bits per heavy atom. The van der Waals surface area contributed by atoms with Gasteiger partial charge in [-0.1, -0.05) is 11.6 Å². The number of H-pyrrole nitrogens is 2. The van der Waals surface area contributed by atoms with Gasteiger partial charge < -0.3 is 4.98 Å². The van der Waals surface area contributed by atoms with Crippen molar-refractivity contribution >= 4 is 11.6 Å². The molecule has 2 aromatic rings. The Hall–Kier alpha value is -1.88. The molecule has 0 radical (unpaired) electrons. The van der Waals surface area contributed by atoms with Gasteiger partial charge in [0.15, 0.2) is 0 Å². The molecule has 0 aliphatic carbocycles. The Labute approximate surface area is 88.8 Å². The average molecular weight is 224 g/mol. The summed E-state index contributed by atoms with van der Waals surface area (Å²) in [6.07, 6.45) is 2.83. The van der Waals surface area contributed by atoms with Gasteiger partial charge in [0.05, 0.1) is 5.56 Å². The highest BCUT2D eigenvalue weighted by atomic mass is 35.5. The molecule has 5 nitrogen and oxygen atoms in total. The Morgan fingerprint density at radius 3 is 2.73 bits per heavy atom. The minimum absolute atomic E-state index is 0.218. The third kappa shape index (κ3) is 1.82. The number of nitrogens with one attached hydrogen (secondary N) is 2. The summed E-state index contributed by atoms with van der Waals surface area (Å²) in [5.74, 6) is 0. The van der Waals surface area contributed by atoms with E-state index in [9.17, 15) is 9.59 Å². The largest absolute Gasteiger partial charge is 0.325 e.